The van der Waals surface area contributed by atoms with Gasteiger partial charge in [0.25, 0.3) is 0 Å². The van der Waals surface area contributed by atoms with E-state index in [0.29, 0.717) is 5.92 Å². The fraction of sp³-hybridized carbons (Fsp3) is 0.385. The van der Waals surface area contributed by atoms with Crippen LogP contribution in [-0.2, 0) is 0 Å². The topological polar surface area (TPSA) is 37.8 Å². The van der Waals surface area contributed by atoms with Crippen LogP contribution in [0.15, 0.2) is 28.6 Å². The molecular formula is C13H17N3S3. The summed E-state index contributed by atoms with van der Waals surface area (Å²) in [6, 6.07) is 8.25. The van der Waals surface area contributed by atoms with Crippen LogP contribution in [0.3, 0.4) is 0 Å². The molecule has 0 saturated carbocycles. The van der Waals surface area contributed by atoms with E-state index in [-0.39, 0.29) is 0 Å². The lowest BCUT2D eigenvalue weighted by Gasteiger charge is -2.02. The predicted molar refractivity (Wildman–Crippen MR) is 87.5 cm³/mol. The molecule has 0 unspecified atom stereocenters. The van der Waals surface area contributed by atoms with Crippen molar-refractivity contribution in [2.75, 3.05) is 11.1 Å². The Bertz CT molecular complexity index is 525. The van der Waals surface area contributed by atoms with Gasteiger partial charge in [-0.05, 0) is 41.3 Å². The second kappa shape index (κ2) is 7.17. The molecule has 2 aromatic rings. The Morgan fingerprint density at radius 1 is 1.32 bits per heavy atom. The molecule has 0 aliphatic rings. The molecule has 1 heterocycles. The molecule has 6 heteroatoms. The Labute approximate surface area is 126 Å². The smallest absolute Gasteiger partial charge is 0.210 e. The number of hydrogen-bond donors (Lipinski definition) is 1. The fourth-order valence-corrected chi connectivity index (χ4v) is 4.91. The summed E-state index contributed by atoms with van der Waals surface area (Å²) in [7, 11) is 3.54. The van der Waals surface area contributed by atoms with Crippen molar-refractivity contribution in [1.82, 2.24) is 10.2 Å². The lowest BCUT2D eigenvalue weighted by atomic mass is 10.2. The number of hydrogen-bond acceptors (Lipinski definition) is 6. The first kappa shape index (κ1) is 14.7. The summed E-state index contributed by atoms with van der Waals surface area (Å²) in [5, 5.41) is 12.5. The molecule has 0 atom stereocenters. The molecule has 0 aliphatic carbocycles. The first-order chi connectivity index (χ1) is 9.13. The highest BCUT2D eigenvalue weighted by molar-refractivity contribution is 8.77. The molecule has 0 amide bonds. The molecule has 0 radical (unpaired) electrons. The van der Waals surface area contributed by atoms with Crippen molar-refractivity contribution < 1.29 is 0 Å². The van der Waals surface area contributed by atoms with E-state index >= 15 is 0 Å². The molecule has 102 valence electrons. The summed E-state index contributed by atoms with van der Waals surface area (Å²) in [6.45, 7) is 6.52. The first-order valence-corrected chi connectivity index (χ1v) is 9.23. The average Bonchev–Trinajstić information content (AvgIpc) is 2.76. The van der Waals surface area contributed by atoms with E-state index in [0.717, 1.165) is 20.9 Å². The van der Waals surface area contributed by atoms with Crippen LogP contribution in [0.1, 0.15) is 19.4 Å². The second-order valence-electron chi connectivity index (χ2n) is 4.63. The number of rotatable bonds is 6. The number of anilines is 2. The van der Waals surface area contributed by atoms with Crippen molar-refractivity contribution in [2.24, 2.45) is 5.92 Å². The van der Waals surface area contributed by atoms with Gasteiger partial charge in [-0.1, -0.05) is 48.1 Å². The van der Waals surface area contributed by atoms with Crippen molar-refractivity contribution in [3.05, 3.63) is 29.8 Å². The third-order valence-electron chi connectivity index (χ3n) is 2.21. The van der Waals surface area contributed by atoms with Crippen LogP contribution in [-0.4, -0.2) is 16.0 Å². The monoisotopic (exact) mass is 311 g/mol. The zero-order chi connectivity index (χ0) is 13.7. The van der Waals surface area contributed by atoms with Gasteiger partial charge in [0, 0.05) is 11.4 Å². The van der Waals surface area contributed by atoms with E-state index in [4.69, 9.17) is 0 Å². The normalized spacial score (nSPS) is 10.9. The highest BCUT2D eigenvalue weighted by atomic mass is 33.1. The summed E-state index contributed by atoms with van der Waals surface area (Å²) in [4.78, 5) is 0. The van der Waals surface area contributed by atoms with Gasteiger partial charge in [-0.25, -0.2) is 0 Å². The number of aromatic nitrogens is 2. The third kappa shape index (κ3) is 5.04. The SMILES string of the molecule is Cc1cccc(Nc2nnc(SSCC(C)C)s2)c1. The standard InChI is InChI=1S/C13H17N3S3/c1-9(2)8-17-19-13-16-15-12(18-13)14-11-6-4-5-10(3)7-11/h4-7,9H,8H2,1-3H3,(H,14,15). The number of nitrogens with one attached hydrogen (secondary N) is 1. The summed E-state index contributed by atoms with van der Waals surface area (Å²) in [5.74, 6) is 1.83. The molecule has 0 saturated heterocycles. The van der Waals surface area contributed by atoms with Gasteiger partial charge >= 0.3 is 0 Å². The van der Waals surface area contributed by atoms with Gasteiger partial charge in [0.05, 0.1) is 0 Å². The summed E-state index contributed by atoms with van der Waals surface area (Å²) in [5.41, 5.74) is 2.29. The molecule has 0 spiro atoms. The molecule has 2 rings (SSSR count). The Morgan fingerprint density at radius 3 is 2.89 bits per heavy atom. The number of aryl methyl sites for hydroxylation is 1. The fourth-order valence-electron chi connectivity index (χ4n) is 1.36. The van der Waals surface area contributed by atoms with Crippen molar-refractivity contribution in [1.29, 1.82) is 0 Å². The zero-order valence-electron chi connectivity index (χ0n) is 11.2. The quantitative estimate of drug-likeness (QED) is 0.761. The Hall–Kier alpha value is -0.720. The van der Waals surface area contributed by atoms with E-state index in [1.807, 2.05) is 22.9 Å². The van der Waals surface area contributed by atoms with E-state index in [1.165, 1.54) is 5.56 Å². The maximum absolute atomic E-state index is 4.18. The Balaban J connectivity index is 1.90. The van der Waals surface area contributed by atoms with Gasteiger partial charge in [-0.2, -0.15) is 0 Å². The van der Waals surface area contributed by atoms with Crippen LogP contribution < -0.4 is 5.32 Å². The minimum atomic E-state index is 0.704. The summed E-state index contributed by atoms with van der Waals surface area (Å²) in [6.07, 6.45) is 0. The highest BCUT2D eigenvalue weighted by Gasteiger charge is 2.06. The summed E-state index contributed by atoms with van der Waals surface area (Å²) < 4.78 is 1.00. The van der Waals surface area contributed by atoms with Crippen LogP contribution in [0.5, 0.6) is 0 Å². The Morgan fingerprint density at radius 2 is 2.16 bits per heavy atom. The maximum atomic E-state index is 4.18. The first-order valence-electron chi connectivity index (χ1n) is 6.10. The van der Waals surface area contributed by atoms with Gasteiger partial charge in [0.15, 0.2) is 4.34 Å². The molecule has 0 fully saturated rings. The van der Waals surface area contributed by atoms with E-state index < -0.39 is 0 Å². The van der Waals surface area contributed by atoms with E-state index in [9.17, 15) is 0 Å². The number of nitrogens with zero attached hydrogens (tertiary/aromatic N) is 2. The van der Waals surface area contributed by atoms with Gasteiger partial charge in [-0.3, -0.25) is 0 Å². The molecule has 1 aromatic heterocycles. The van der Waals surface area contributed by atoms with Crippen LogP contribution in [0, 0.1) is 12.8 Å². The van der Waals surface area contributed by atoms with E-state index in [1.54, 1.807) is 22.1 Å². The van der Waals surface area contributed by atoms with E-state index in [2.05, 4.69) is 48.4 Å². The van der Waals surface area contributed by atoms with Gasteiger partial charge in [0.2, 0.25) is 5.13 Å². The largest absolute Gasteiger partial charge is 0.330 e. The molecule has 19 heavy (non-hydrogen) atoms. The van der Waals surface area contributed by atoms with Crippen LogP contribution in [0.25, 0.3) is 0 Å². The zero-order valence-corrected chi connectivity index (χ0v) is 13.7. The minimum absolute atomic E-state index is 0.704. The molecule has 1 aromatic carbocycles. The molecule has 3 nitrogen and oxygen atoms in total. The van der Waals surface area contributed by atoms with Gasteiger partial charge in [-0.15, -0.1) is 10.2 Å². The van der Waals surface area contributed by atoms with Crippen molar-refractivity contribution in [3.63, 3.8) is 0 Å². The van der Waals surface area contributed by atoms with Crippen molar-refractivity contribution in [2.45, 2.75) is 25.1 Å². The molecule has 0 bridgehead atoms. The van der Waals surface area contributed by atoms with Gasteiger partial charge < -0.3 is 5.32 Å². The van der Waals surface area contributed by atoms with Crippen molar-refractivity contribution in [3.8, 4) is 0 Å². The Kier molecular flexibility index (Phi) is 5.54. The number of benzene rings is 1. The molecule has 1 N–H and O–H groups in total. The van der Waals surface area contributed by atoms with Crippen LogP contribution in [0.4, 0.5) is 10.8 Å². The lowest BCUT2D eigenvalue weighted by molar-refractivity contribution is 0.752. The maximum Gasteiger partial charge on any atom is 0.210 e. The minimum Gasteiger partial charge on any atom is -0.330 e. The molecule has 0 aliphatic heterocycles. The average molecular weight is 312 g/mol. The van der Waals surface area contributed by atoms with Crippen LogP contribution in [0.2, 0.25) is 0 Å². The molecular weight excluding hydrogens is 294 g/mol. The van der Waals surface area contributed by atoms with Crippen molar-refractivity contribution >= 4 is 43.7 Å². The highest BCUT2D eigenvalue weighted by Crippen LogP contribution is 2.36. The second-order valence-corrected chi connectivity index (χ2v) is 8.19. The van der Waals surface area contributed by atoms with Gasteiger partial charge in [0.1, 0.15) is 0 Å². The predicted octanol–water partition coefficient (Wildman–Crippen LogP) is 4.99. The lowest BCUT2D eigenvalue weighted by Crippen LogP contribution is -1.89. The third-order valence-corrected chi connectivity index (χ3v) is 6.04. The van der Waals surface area contributed by atoms with Crippen LogP contribution >= 0.6 is 32.9 Å². The summed E-state index contributed by atoms with van der Waals surface area (Å²) >= 11 is 1.59.